The Balaban J connectivity index is 4.06. The van der Waals surface area contributed by atoms with Crippen LogP contribution in [-0.2, 0) is 28.6 Å². The highest BCUT2D eigenvalue weighted by Crippen LogP contribution is 2.16. The van der Waals surface area contributed by atoms with Crippen molar-refractivity contribution in [3.8, 4) is 0 Å². The Bertz CT molecular complexity index is 1320. The molecule has 0 saturated carbocycles. The molecule has 6 nitrogen and oxygen atoms in total. The molecule has 0 aliphatic carbocycles. The lowest BCUT2D eigenvalue weighted by Crippen LogP contribution is -2.30. The predicted molar refractivity (Wildman–Crippen MR) is 307 cm³/mol. The van der Waals surface area contributed by atoms with Gasteiger partial charge in [-0.15, -0.1) is 0 Å². The van der Waals surface area contributed by atoms with Crippen LogP contribution in [0.2, 0.25) is 0 Å². The van der Waals surface area contributed by atoms with Gasteiger partial charge in [0, 0.05) is 19.3 Å². The van der Waals surface area contributed by atoms with E-state index in [9.17, 15) is 14.4 Å². The zero-order valence-electron chi connectivity index (χ0n) is 47.0. The van der Waals surface area contributed by atoms with Gasteiger partial charge >= 0.3 is 17.9 Å². The Labute approximate surface area is 440 Å². The first kappa shape index (κ1) is 67.8. The Morgan fingerprint density at radius 3 is 0.873 bits per heavy atom. The van der Waals surface area contributed by atoms with Crippen LogP contribution in [0.25, 0.3) is 0 Å². The van der Waals surface area contributed by atoms with Crippen molar-refractivity contribution < 1.29 is 28.6 Å². The molecule has 0 aromatic rings. The van der Waals surface area contributed by atoms with E-state index in [1.165, 1.54) is 167 Å². The quantitative estimate of drug-likeness (QED) is 0.0261. The molecule has 0 aromatic carbocycles. The molecule has 0 fully saturated rings. The van der Waals surface area contributed by atoms with E-state index >= 15 is 0 Å². The highest BCUT2D eigenvalue weighted by atomic mass is 16.6. The minimum Gasteiger partial charge on any atom is -0.462 e. The molecule has 0 rings (SSSR count). The number of carbonyl (C=O) groups is 3. The summed E-state index contributed by atoms with van der Waals surface area (Å²) < 4.78 is 16.8. The van der Waals surface area contributed by atoms with Crippen LogP contribution < -0.4 is 0 Å². The predicted octanol–water partition coefficient (Wildman–Crippen LogP) is 20.5. The summed E-state index contributed by atoms with van der Waals surface area (Å²) in [6, 6.07) is 0. The molecule has 71 heavy (non-hydrogen) atoms. The molecule has 0 aromatic heterocycles. The second kappa shape index (κ2) is 59.4. The second-order valence-electron chi connectivity index (χ2n) is 20.2. The minimum absolute atomic E-state index is 0.0759. The summed E-state index contributed by atoms with van der Waals surface area (Å²) in [5, 5.41) is 0. The molecule has 0 heterocycles. The zero-order valence-corrected chi connectivity index (χ0v) is 47.0. The van der Waals surface area contributed by atoms with Gasteiger partial charge in [0.25, 0.3) is 0 Å². The lowest BCUT2D eigenvalue weighted by Gasteiger charge is -2.18. The lowest BCUT2D eigenvalue weighted by atomic mass is 10.0. The van der Waals surface area contributed by atoms with Crippen molar-refractivity contribution in [1.82, 2.24) is 0 Å². The Morgan fingerprint density at radius 2 is 0.549 bits per heavy atom. The van der Waals surface area contributed by atoms with Gasteiger partial charge in [0.1, 0.15) is 13.2 Å². The van der Waals surface area contributed by atoms with Crippen molar-refractivity contribution in [1.29, 1.82) is 0 Å². The molecular formula is C65H114O6. The third-order valence-electron chi connectivity index (χ3n) is 13.2. The molecule has 0 bridgehead atoms. The van der Waals surface area contributed by atoms with Crippen LogP contribution in [0.15, 0.2) is 72.9 Å². The molecule has 0 N–H and O–H groups in total. The molecule has 410 valence electrons. The van der Waals surface area contributed by atoms with Gasteiger partial charge in [0.05, 0.1) is 0 Å². The summed E-state index contributed by atoms with van der Waals surface area (Å²) in [5.74, 6) is -0.885. The number of ether oxygens (including phenoxy) is 3. The van der Waals surface area contributed by atoms with Crippen LogP contribution in [-0.4, -0.2) is 37.2 Å². The monoisotopic (exact) mass is 991 g/mol. The molecule has 0 saturated heterocycles. The maximum Gasteiger partial charge on any atom is 0.306 e. The van der Waals surface area contributed by atoms with Crippen LogP contribution in [0, 0.1) is 0 Å². The van der Waals surface area contributed by atoms with E-state index in [4.69, 9.17) is 14.2 Å². The van der Waals surface area contributed by atoms with E-state index in [1.807, 2.05) is 0 Å². The standard InChI is InChI=1S/C65H114O6/c1-4-7-10-13-15-17-19-21-23-25-27-29-30-31-32-33-34-36-37-39-41-43-45-47-49-52-55-58-64(67)70-61-62(60-69-63(66)57-54-51-12-9-6-3)71-65(68)59-56-53-50-48-46-44-42-40-38-35-28-26-24-22-20-18-16-14-11-8-5-2/h7,10,15,17,21,23,26-29,31-32,62H,4-6,8-9,11-14,16,18-20,22,24-25,30,33-61H2,1-3H3/b10-7-,17-15-,23-21-,28-26-,29-27-,32-31-. The average molecular weight is 992 g/mol. The summed E-state index contributed by atoms with van der Waals surface area (Å²) in [7, 11) is 0. The van der Waals surface area contributed by atoms with Crippen molar-refractivity contribution >= 4 is 17.9 Å². The number of carbonyl (C=O) groups excluding carboxylic acids is 3. The third kappa shape index (κ3) is 57.6. The van der Waals surface area contributed by atoms with E-state index in [2.05, 4.69) is 93.7 Å². The highest BCUT2D eigenvalue weighted by Gasteiger charge is 2.19. The second-order valence-corrected chi connectivity index (χ2v) is 20.2. The zero-order chi connectivity index (χ0) is 51.4. The number of hydrogen-bond acceptors (Lipinski definition) is 6. The maximum atomic E-state index is 12.8. The highest BCUT2D eigenvalue weighted by molar-refractivity contribution is 5.71. The molecule has 6 heteroatoms. The smallest absolute Gasteiger partial charge is 0.306 e. The minimum atomic E-state index is -0.773. The first-order chi connectivity index (χ1) is 35.0. The third-order valence-corrected chi connectivity index (χ3v) is 13.2. The van der Waals surface area contributed by atoms with Crippen molar-refractivity contribution in [3.63, 3.8) is 0 Å². The fraction of sp³-hybridized carbons (Fsp3) is 0.769. The van der Waals surface area contributed by atoms with Gasteiger partial charge in [0.2, 0.25) is 0 Å². The van der Waals surface area contributed by atoms with E-state index in [1.54, 1.807) is 0 Å². The van der Waals surface area contributed by atoms with E-state index in [-0.39, 0.29) is 31.1 Å². The largest absolute Gasteiger partial charge is 0.462 e. The molecule has 0 aliphatic heterocycles. The average Bonchev–Trinajstić information content (AvgIpc) is 3.37. The summed E-state index contributed by atoms with van der Waals surface area (Å²) in [6.45, 7) is 6.47. The van der Waals surface area contributed by atoms with Crippen LogP contribution in [0.1, 0.15) is 303 Å². The fourth-order valence-electron chi connectivity index (χ4n) is 8.64. The van der Waals surface area contributed by atoms with Crippen molar-refractivity contribution in [2.75, 3.05) is 13.2 Å². The summed E-state index contributed by atoms with van der Waals surface area (Å²) in [6.07, 6.45) is 76.6. The van der Waals surface area contributed by atoms with Gasteiger partial charge in [-0.3, -0.25) is 14.4 Å². The van der Waals surface area contributed by atoms with Gasteiger partial charge in [-0.1, -0.05) is 267 Å². The SMILES string of the molecule is CC/C=C\C/C=C\C/C=C\C/C=C\C/C=C\CCCCCCCCCCCCCC(=O)OCC(COC(=O)CCCCCCC)OC(=O)CCCCCCCCCCC/C=C\CCCCCCCCCC. The van der Waals surface area contributed by atoms with Crippen LogP contribution >= 0.6 is 0 Å². The van der Waals surface area contributed by atoms with E-state index < -0.39 is 6.10 Å². The Kier molecular flexibility index (Phi) is 56.8. The molecule has 0 amide bonds. The first-order valence-electron chi connectivity index (χ1n) is 30.4. The molecule has 0 radical (unpaired) electrons. The van der Waals surface area contributed by atoms with Crippen LogP contribution in [0.3, 0.4) is 0 Å². The van der Waals surface area contributed by atoms with Gasteiger partial charge in [-0.05, 0) is 89.9 Å². The molecular weight excluding hydrogens is 877 g/mol. The molecule has 0 aliphatic rings. The van der Waals surface area contributed by atoms with Gasteiger partial charge in [0.15, 0.2) is 6.10 Å². The topological polar surface area (TPSA) is 78.9 Å². The van der Waals surface area contributed by atoms with Gasteiger partial charge in [-0.2, -0.15) is 0 Å². The van der Waals surface area contributed by atoms with Crippen LogP contribution in [0.5, 0.6) is 0 Å². The van der Waals surface area contributed by atoms with E-state index in [0.717, 1.165) is 96.3 Å². The Hall–Kier alpha value is -3.15. The van der Waals surface area contributed by atoms with Gasteiger partial charge < -0.3 is 14.2 Å². The maximum absolute atomic E-state index is 12.8. The fourth-order valence-corrected chi connectivity index (χ4v) is 8.64. The lowest BCUT2D eigenvalue weighted by molar-refractivity contribution is -0.167. The van der Waals surface area contributed by atoms with Crippen molar-refractivity contribution in [3.05, 3.63) is 72.9 Å². The number of hydrogen-bond donors (Lipinski definition) is 0. The normalized spacial score (nSPS) is 12.5. The molecule has 1 unspecified atom stereocenters. The number of esters is 3. The number of allylic oxidation sites excluding steroid dienone is 12. The van der Waals surface area contributed by atoms with Gasteiger partial charge in [-0.25, -0.2) is 0 Å². The number of unbranched alkanes of at least 4 members (excludes halogenated alkanes) is 32. The van der Waals surface area contributed by atoms with E-state index in [0.29, 0.717) is 19.3 Å². The van der Waals surface area contributed by atoms with Crippen molar-refractivity contribution in [2.45, 2.75) is 309 Å². The summed E-state index contributed by atoms with van der Waals surface area (Å²) >= 11 is 0. The number of rotatable bonds is 55. The van der Waals surface area contributed by atoms with Crippen molar-refractivity contribution in [2.24, 2.45) is 0 Å². The molecule has 1 atom stereocenters. The first-order valence-corrected chi connectivity index (χ1v) is 30.4. The Morgan fingerprint density at radius 1 is 0.296 bits per heavy atom. The summed E-state index contributed by atoms with van der Waals surface area (Å²) in [5.41, 5.74) is 0. The summed E-state index contributed by atoms with van der Waals surface area (Å²) in [4.78, 5) is 37.9. The molecule has 0 spiro atoms. The van der Waals surface area contributed by atoms with Crippen LogP contribution in [0.4, 0.5) is 0 Å².